The summed E-state index contributed by atoms with van der Waals surface area (Å²) < 4.78 is 4.69. The van der Waals surface area contributed by atoms with Crippen molar-refractivity contribution in [2.45, 2.75) is 26.3 Å². The van der Waals surface area contributed by atoms with E-state index in [9.17, 15) is 4.79 Å². The first-order valence-corrected chi connectivity index (χ1v) is 5.39. The van der Waals surface area contributed by atoms with Crippen molar-refractivity contribution in [3.63, 3.8) is 0 Å². The summed E-state index contributed by atoms with van der Waals surface area (Å²) in [5.41, 5.74) is 3.55. The van der Waals surface area contributed by atoms with E-state index in [2.05, 4.69) is 42.1 Å². The van der Waals surface area contributed by atoms with Crippen molar-refractivity contribution in [2.75, 3.05) is 14.2 Å². The molecule has 1 aromatic carbocycles. The Labute approximate surface area is 96.8 Å². The maximum atomic E-state index is 11.3. The molecule has 0 aliphatic carbocycles. The zero-order valence-corrected chi connectivity index (χ0v) is 10.3. The Bertz CT molecular complexity index is 354. The first-order valence-electron chi connectivity index (χ1n) is 5.39. The number of carbonyl (C=O) groups is 1. The molecule has 16 heavy (non-hydrogen) atoms. The zero-order valence-electron chi connectivity index (χ0n) is 10.3. The van der Waals surface area contributed by atoms with Gasteiger partial charge in [-0.25, -0.2) is 0 Å². The van der Waals surface area contributed by atoms with Crippen molar-refractivity contribution in [1.82, 2.24) is 5.32 Å². The van der Waals surface area contributed by atoms with Gasteiger partial charge in [0, 0.05) is 6.04 Å². The molecule has 88 valence electrons. The average molecular weight is 221 g/mol. The van der Waals surface area contributed by atoms with E-state index in [4.69, 9.17) is 0 Å². The van der Waals surface area contributed by atoms with E-state index in [-0.39, 0.29) is 12.0 Å². The van der Waals surface area contributed by atoms with Crippen molar-refractivity contribution < 1.29 is 9.53 Å². The normalized spacial score (nSPS) is 12.2. The molecule has 1 rings (SSSR count). The predicted molar refractivity (Wildman–Crippen MR) is 64.3 cm³/mol. The van der Waals surface area contributed by atoms with Gasteiger partial charge in [-0.15, -0.1) is 0 Å². The SMILES string of the molecule is CNC(CC(=O)OC)c1cc(C)cc(C)c1. The molecule has 3 nitrogen and oxygen atoms in total. The first kappa shape index (κ1) is 12.7. The maximum Gasteiger partial charge on any atom is 0.307 e. The molecule has 1 aromatic rings. The second-order valence-electron chi connectivity index (χ2n) is 4.04. The van der Waals surface area contributed by atoms with Crippen molar-refractivity contribution in [1.29, 1.82) is 0 Å². The summed E-state index contributed by atoms with van der Waals surface area (Å²) in [7, 11) is 3.27. The van der Waals surface area contributed by atoms with E-state index in [0.29, 0.717) is 6.42 Å². The lowest BCUT2D eigenvalue weighted by molar-refractivity contribution is -0.141. The van der Waals surface area contributed by atoms with Crippen molar-refractivity contribution in [3.05, 3.63) is 34.9 Å². The van der Waals surface area contributed by atoms with Crippen molar-refractivity contribution >= 4 is 5.97 Å². The number of aryl methyl sites for hydroxylation is 2. The molecule has 1 atom stereocenters. The van der Waals surface area contributed by atoms with Gasteiger partial charge in [0.25, 0.3) is 0 Å². The van der Waals surface area contributed by atoms with Gasteiger partial charge in [0.05, 0.1) is 13.5 Å². The van der Waals surface area contributed by atoms with Crippen LogP contribution in [0.3, 0.4) is 0 Å². The van der Waals surface area contributed by atoms with Gasteiger partial charge in [-0.1, -0.05) is 29.3 Å². The summed E-state index contributed by atoms with van der Waals surface area (Å²) in [6.45, 7) is 4.11. The molecule has 0 aromatic heterocycles. The van der Waals surface area contributed by atoms with Crippen LogP contribution in [0.2, 0.25) is 0 Å². The average Bonchev–Trinajstić information content (AvgIpc) is 2.24. The van der Waals surface area contributed by atoms with Crippen LogP contribution in [-0.2, 0) is 9.53 Å². The molecule has 0 aliphatic heterocycles. The van der Waals surface area contributed by atoms with Gasteiger partial charge in [-0.05, 0) is 26.5 Å². The summed E-state index contributed by atoms with van der Waals surface area (Å²) in [5.74, 6) is -0.196. The van der Waals surface area contributed by atoms with Crippen molar-refractivity contribution in [3.8, 4) is 0 Å². The van der Waals surface area contributed by atoms with Crippen molar-refractivity contribution in [2.24, 2.45) is 0 Å². The third kappa shape index (κ3) is 3.35. The summed E-state index contributed by atoms with van der Waals surface area (Å²) in [6.07, 6.45) is 0.357. The Morgan fingerprint density at radius 2 is 1.88 bits per heavy atom. The molecule has 1 unspecified atom stereocenters. The van der Waals surface area contributed by atoms with Crippen LogP contribution in [0.1, 0.15) is 29.2 Å². The molecule has 0 saturated heterocycles. The van der Waals surface area contributed by atoms with Crippen LogP contribution < -0.4 is 5.32 Å². The van der Waals surface area contributed by atoms with Crippen LogP contribution in [-0.4, -0.2) is 20.1 Å². The van der Waals surface area contributed by atoms with Gasteiger partial charge >= 0.3 is 5.97 Å². The Morgan fingerprint density at radius 3 is 2.31 bits per heavy atom. The predicted octanol–water partition coefficient (Wildman–Crippen LogP) is 2.13. The number of methoxy groups -OCH3 is 1. The summed E-state index contributed by atoms with van der Waals surface area (Å²) in [6, 6.07) is 6.33. The molecule has 0 heterocycles. The van der Waals surface area contributed by atoms with Crippen LogP contribution in [0.25, 0.3) is 0 Å². The lowest BCUT2D eigenvalue weighted by Gasteiger charge is -2.16. The number of ether oxygens (including phenoxy) is 1. The van der Waals surface area contributed by atoms with Crippen LogP contribution in [0.4, 0.5) is 0 Å². The zero-order chi connectivity index (χ0) is 12.1. The topological polar surface area (TPSA) is 38.3 Å². The van der Waals surface area contributed by atoms with Crippen LogP contribution in [0, 0.1) is 13.8 Å². The summed E-state index contributed by atoms with van der Waals surface area (Å²) in [5, 5.41) is 3.14. The Kier molecular flexibility index (Phi) is 4.50. The Hall–Kier alpha value is -1.35. The lowest BCUT2D eigenvalue weighted by atomic mass is 9.99. The van der Waals surface area contributed by atoms with Gasteiger partial charge in [-0.2, -0.15) is 0 Å². The highest BCUT2D eigenvalue weighted by atomic mass is 16.5. The second-order valence-corrected chi connectivity index (χ2v) is 4.04. The fraction of sp³-hybridized carbons (Fsp3) is 0.462. The van der Waals surface area contributed by atoms with E-state index in [0.717, 1.165) is 5.56 Å². The molecule has 0 saturated carbocycles. The minimum absolute atomic E-state index is 0.0195. The molecular formula is C13H19NO2. The number of carbonyl (C=O) groups excluding carboxylic acids is 1. The molecule has 3 heteroatoms. The maximum absolute atomic E-state index is 11.3. The molecule has 1 N–H and O–H groups in total. The van der Waals surface area contributed by atoms with Gasteiger partial charge in [-0.3, -0.25) is 4.79 Å². The molecular weight excluding hydrogens is 202 g/mol. The number of hydrogen-bond acceptors (Lipinski definition) is 3. The van der Waals surface area contributed by atoms with Crippen LogP contribution in [0.15, 0.2) is 18.2 Å². The van der Waals surface area contributed by atoms with Gasteiger partial charge in [0.2, 0.25) is 0 Å². The largest absolute Gasteiger partial charge is 0.469 e. The Balaban J connectivity index is 2.90. The fourth-order valence-electron chi connectivity index (χ4n) is 1.85. The highest BCUT2D eigenvalue weighted by Gasteiger charge is 2.14. The molecule has 0 amide bonds. The minimum atomic E-state index is -0.196. The smallest absolute Gasteiger partial charge is 0.307 e. The molecule has 0 aliphatic rings. The van der Waals surface area contributed by atoms with Crippen LogP contribution >= 0.6 is 0 Å². The summed E-state index contributed by atoms with van der Waals surface area (Å²) >= 11 is 0. The quantitative estimate of drug-likeness (QED) is 0.791. The van der Waals surface area contributed by atoms with E-state index in [1.807, 2.05) is 7.05 Å². The van der Waals surface area contributed by atoms with Gasteiger partial charge < -0.3 is 10.1 Å². The number of hydrogen-bond donors (Lipinski definition) is 1. The minimum Gasteiger partial charge on any atom is -0.469 e. The second kappa shape index (κ2) is 5.66. The molecule has 0 spiro atoms. The molecule has 0 bridgehead atoms. The van der Waals surface area contributed by atoms with Gasteiger partial charge in [0.15, 0.2) is 0 Å². The lowest BCUT2D eigenvalue weighted by Crippen LogP contribution is -2.20. The highest BCUT2D eigenvalue weighted by Crippen LogP contribution is 2.19. The highest BCUT2D eigenvalue weighted by molar-refractivity contribution is 5.70. The first-order chi connectivity index (χ1) is 7.56. The number of benzene rings is 1. The Morgan fingerprint density at radius 1 is 1.31 bits per heavy atom. The third-order valence-electron chi connectivity index (χ3n) is 2.59. The van der Waals surface area contributed by atoms with Crippen LogP contribution in [0.5, 0.6) is 0 Å². The van der Waals surface area contributed by atoms with E-state index in [1.54, 1.807) is 0 Å². The number of rotatable bonds is 4. The van der Waals surface area contributed by atoms with E-state index < -0.39 is 0 Å². The monoisotopic (exact) mass is 221 g/mol. The van der Waals surface area contributed by atoms with E-state index >= 15 is 0 Å². The standard InChI is InChI=1S/C13H19NO2/c1-9-5-10(2)7-11(6-9)12(14-3)8-13(15)16-4/h5-7,12,14H,8H2,1-4H3. The fourth-order valence-corrected chi connectivity index (χ4v) is 1.85. The van der Waals surface area contributed by atoms with E-state index in [1.165, 1.54) is 18.2 Å². The van der Waals surface area contributed by atoms with Gasteiger partial charge in [0.1, 0.15) is 0 Å². The number of esters is 1. The summed E-state index contributed by atoms with van der Waals surface area (Å²) in [4.78, 5) is 11.3. The third-order valence-corrected chi connectivity index (χ3v) is 2.59. The molecule has 0 radical (unpaired) electrons. The molecule has 0 fully saturated rings. The number of nitrogens with one attached hydrogen (secondary N) is 1.